The van der Waals surface area contributed by atoms with Crippen LogP contribution < -0.4 is 10.6 Å². The van der Waals surface area contributed by atoms with Gasteiger partial charge in [0.25, 0.3) is 0 Å². The maximum absolute atomic E-state index is 6.05. The topological polar surface area (TPSA) is 29.3 Å². The van der Waals surface area contributed by atoms with E-state index in [9.17, 15) is 0 Å². The molecule has 1 aromatic rings. The number of anilines is 1. The van der Waals surface area contributed by atoms with E-state index in [0.29, 0.717) is 0 Å². The Morgan fingerprint density at radius 3 is 3.00 bits per heavy atom. The van der Waals surface area contributed by atoms with Crippen molar-refractivity contribution in [3.05, 3.63) is 29.3 Å². The molecule has 1 aliphatic rings. The summed E-state index contributed by atoms with van der Waals surface area (Å²) < 4.78 is 0. The quantitative estimate of drug-likeness (QED) is 0.802. The van der Waals surface area contributed by atoms with E-state index < -0.39 is 0 Å². The molecule has 1 heterocycles. The van der Waals surface area contributed by atoms with Crippen molar-refractivity contribution in [3.8, 4) is 0 Å². The van der Waals surface area contributed by atoms with Crippen molar-refractivity contribution in [2.75, 3.05) is 18.5 Å². The van der Waals surface area contributed by atoms with Gasteiger partial charge in [-0.05, 0) is 36.5 Å². The Morgan fingerprint density at radius 1 is 1.47 bits per heavy atom. The second kappa shape index (κ2) is 4.23. The van der Waals surface area contributed by atoms with Gasteiger partial charge in [-0.3, -0.25) is 0 Å². The zero-order valence-electron chi connectivity index (χ0n) is 9.66. The molecule has 0 bridgehead atoms. The molecule has 0 spiro atoms. The summed E-state index contributed by atoms with van der Waals surface area (Å²) in [5.41, 5.74) is 10.2. The molecule has 2 nitrogen and oxygen atoms in total. The molecule has 2 rings (SSSR count). The van der Waals surface area contributed by atoms with Gasteiger partial charge < -0.3 is 10.6 Å². The molecule has 15 heavy (non-hydrogen) atoms. The maximum atomic E-state index is 6.05. The van der Waals surface area contributed by atoms with Crippen LogP contribution in [0.4, 0.5) is 5.69 Å². The van der Waals surface area contributed by atoms with Crippen molar-refractivity contribution in [1.82, 2.24) is 0 Å². The smallest absolute Gasteiger partial charge is 0.0399 e. The zero-order chi connectivity index (χ0) is 10.8. The lowest BCUT2D eigenvalue weighted by atomic mass is 9.97. The van der Waals surface area contributed by atoms with E-state index in [1.54, 1.807) is 0 Å². The predicted octanol–water partition coefficient (Wildman–Crippen LogP) is 2.48. The van der Waals surface area contributed by atoms with Crippen molar-refractivity contribution < 1.29 is 0 Å². The molecule has 2 N–H and O–H groups in total. The summed E-state index contributed by atoms with van der Waals surface area (Å²) >= 11 is 0. The van der Waals surface area contributed by atoms with Gasteiger partial charge in [0.2, 0.25) is 0 Å². The highest BCUT2D eigenvalue weighted by atomic mass is 15.1. The van der Waals surface area contributed by atoms with Gasteiger partial charge in [0.05, 0.1) is 0 Å². The molecule has 1 aliphatic heterocycles. The first-order valence-corrected chi connectivity index (χ1v) is 5.82. The van der Waals surface area contributed by atoms with Crippen LogP contribution in [0.5, 0.6) is 0 Å². The van der Waals surface area contributed by atoms with E-state index in [1.165, 1.54) is 29.7 Å². The molecule has 0 saturated carbocycles. The van der Waals surface area contributed by atoms with E-state index in [2.05, 4.69) is 37.1 Å². The first-order chi connectivity index (χ1) is 7.22. The Morgan fingerprint density at radius 2 is 2.27 bits per heavy atom. The molecule has 2 heteroatoms. The average molecular weight is 204 g/mol. The molecule has 0 saturated heterocycles. The molecule has 1 unspecified atom stereocenters. The monoisotopic (exact) mass is 204 g/mol. The molecule has 0 aromatic heterocycles. The van der Waals surface area contributed by atoms with E-state index in [0.717, 1.165) is 13.0 Å². The fourth-order valence-electron chi connectivity index (χ4n) is 2.24. The van der Waals surface area contributed by atoms with Crippen LogP contribution >= 0.6 is 0 Å². The largest absolute Gasteiger partial charge is 0.374 e. The maximum Gasteiger partial charge on any atom is 0.0399 e. The third kappa shape index (κ3) is 2.00. The number of hydrogen-bond acceptors (Lipinski definition) is 2. The molecular formula is C13H20N2. The molecule has 0 amide bonds. The van der Waals surface area contributed by atoms with Gasteiger partial charge in [-0.25, -0.2) is 0 Å². The summed E-state index contributed by atoms with van der Waals surface area (Å²) in [4.78, 5) is 2.34. The second-order valence-electron chi connectivity index (χ2n) is 4.43. The summed E-state index contributed by atoms with van der Waals surface area (Å²) in [5, 5.41) is 0. The van der Waals surface area contributed by atoms with Crippen LogP contribution in [0.1, 0.15) is 36.9 Å². The van der Waals surface area contributed by atoms with Crippen LogP contribution in [-0.2, 0) is 6.42 Å². The van der Waals surface area contributed by atoms with Crippen molar-refractivity contribution in [2.45, 2.75) is 32.2 Å². The van der Waals surface area contributed by atoms with Crippen LogP contribution in [0, 0.1) is 0 Å². The van der Waals surface area contributed by atoms with Crippen LogP contribution in [-0.4, -0.2) is 13.6 Å². The Kier molecular flexibility index (Phi) is 2.96. The Labute approximate surface area is 92.1 Å². The van der Waals surface area contributed by atoms with E-state index in [-0.39, 0.29) is 6.04 Å². The third-order valence-corrected chi connectivity index (χ3v) is 3.33. The van der Waals surface area contributed by atoms with Crippen molar-refractivity contribution >= 4 is 5.69 Å². The summed E-state index contributed by atoms with van der Waals surface area (Å²) in [6.07, 6.45) is 3.48. The first-order valence-electron chi connectivity index (χ1n) is 5.82. The minimum atomic E-state index is 0.186. The van der Waals surface area contributed by atoms with Gasteiger partial charge in [0.15, 0.2) is 0 Å². The first kappa shape index (κ1) is 10.5. The number of rotatable bonds is 2. The predicted molar refractivity (Wildman–Crippen MR) is 65.3 cm³/mol. The highest BCUT2D eigenvalue weighted by Crippen LogP contribution is 2.29. The standard InChI is InChI=1S/C13H20N2/c1-3-12(14)11-7-6-10-5-4-8-15(2)13(10)9-11/h6-7,9,12H,3-5,8,14H2,1-2H3. The molecule has 0 fully saturated rings. The summed E-state index contributed by atoms with van der Waals surface area (Å²) in [7, 11) is 2.17. The molecule has 1 atom stereocenters. The number of aryl methyl sites for hydroxylation is 1. The molecular weight excluding hydrogens is 184 g/mol. The lowest BCUT2D eigenvalue weighted by Crippen LogP contribution is -2.25. The van der Waals surface area contributed by atoms with Gasteiger partial charge in [0.1, 0.15) is 0 Å². The van der Waals surface area contributed by atoms with E-state index in [4.69, 9.17) is 5.73 Å². The van der Waals surface area contributed by atoms with Gasteiger partial charge in [0, 0.05) is 25.3 Å². The van der Waals surface area contributed by atoms with Gasteiger partial charge in [-0.2, -0.15) is 0 Å². The minimum Gasteiger partial charge on any atom is -0.374 e. The number of benzene rings is 1. The van der Waals surface area contributed by atoms with Gasteiger partial charge >= 0.3 is 0 Å². The Balaban J connectivity index is 2.35. The number of hydrogen-bond donors (Lipinski definition) is 1. The van der Waals surface area contributed by atoms with Crippen LogP contribution in [0.3, 0.4) is 0 Å². The summed E-state index contributed by atoms with van der Waals surface area (Å²) in [6.45, 7) is 3.30. The Hall–Kier alpha value is -1.02. The van der Waals surface area contributed by atoms with E-state index >= 15 is 0 Å². The fraction of sp³-hybridized carbons (Fsp3) is 0.538. The summed E-state index contributed by atoms with van der Waals surface area (Å²) in [6, 6.07) is 6.88. The SMILES string of the molecule is CCC(N)c1ccc2c(c1)N(C)CCC2. The normalized spacial score (nSPS) is 17.4. The molecule has 1 aromatic carbocycles. The van der Waals surface area contributed by atoms with Gasteiger partial charge in [-0.1, -0.05) is 19.1 Å². The van der Waals surface area contributed by atoms with Gasteiger partial charge in [-0.15, -0.1) is 0 Å². The highest BCUT2D eigenvalue weighted by molar-refractivity contribution is 5.57. The highest BCUT2D eigenvalue weighted by Gasteiger charge is 2.15. The zero-order valence-corrected chi connectivity index (χ0v) is 9.66. The van der Waals surface area contributed by atoms with Crippen molar-refractivity contribution in [1.29, 1.82) is 0 Å². The van der Waals surface area contributed by atoms with Crippen molar-refractivity contribution in [2.24, 2.45) is 5.73 Å². The number of nitrogens with zero attached hydrogens (tertiary/aromatic N) is 1. The molecule has 82 valence electrons. The third-order valence-electron chi connectivity index (χ3n) is 3.33. The van der Waals surface area contributed by atoms with E-state index in [1.807, 2.05) is 0 Å². The average Bonchev–Trinajstić information content (AvgIpc) is 2.28. The fourth-order valence-corrected chi connectivity index (χ4v) is 2.24. The van der Waals surface area contributed by atoms with Crippen LogP contribution in [0.25, 0.3) is 0 Å². The Bertz CT molecular complexity index is 346. The van der Waals surface area contributed by atoms with Crippen LogP contribution in [0.2, 0.25) is 0 Å². The summed E-state index contributed by atoms with van der Waals surface area (Å²) in [5.74, 6) is 0. The van der Waals surface area contributed by atoms with Crippen LogP contribution in [0.15, 0.2) is 18.2 Å². The number of nitrogens with two attached hydrogens (primary N) is 1. The minimum absolute atomic E-state index is 0.186. The molecule has 0 radical (unpaired) electrons. The lowest BCUT2D eigenvalue weighted by molar-refractivity contribution is 0.692. The second-order valence-corrected chi connectivity index (χ2v) is 4.43. The lowest BCUT2D eigenvalue weighted by Gasteiger charge is -2.28. The van der Waals surface area contributed by atoms with Crippen molar-refractivity contribution in [3.63, 3.8) is 0 Å². The molecule has 0 aliphatic carbocycles. The number of fused-ring (bicyclic) bond motifs is 1.